The molecule has 0 amide bonds. The van der Waals surface area contributed by atoms with E-state index in [1.165, 1.54) is 15.7 Å². The van der Waals surface area contributed by atoms with Crippen molar-refractivity contribution < 1.29 is 9.45 Å². The first kappa shape index (κ1) is 16.0. The molecule has 1 unspecified atom stereocenters. The molecule has 132 valence electrons. The van der Waals surface area contributed by atoms with Gasteiger partial charge in [0, 0.05) is 31.6 Å². The van der Waals surface area contributed by atoms with Crippen LogP contribution in [0.15, 0.2) is 16.1 Å². The molecule has 1 atom stereocenters. The Labute approximate surface area is 146 Å². The van der Waals surface area contributed by atoms with E-state index in [9.17, 15) is 10.1 Å². The molecule has 0 aromatic carbocycles. The number of fused-ring (bicyclic) bond motifs is 1. The summed E-state index contributed by atoms with van der Waals surface area (Å²) in [7, 11) is 0. The van der Waals surface area contributed by atoms with Gasteiger partial charge in [0.05, 0.1) is 6.04 Å². The molecule has 1 fully saturated rings. The number of thiazole rings is 1. The van der Waals surface area contributed by atoms with E-state index >= 15 is 0 Å². The number of nitro groups is 1. The molecule has 11 heteroatoms. The fourth-order valence-corrected chi connectivity index (χ4v) is 3.81. The number of anilines is 1. The van der Waals surface area contributed by atoms with Crippen LogP contribution in [0.5, 0.6) is 0 Å². The topological polar surface area (TPSA) is 106 Å². The van der Waals surface area contributed by atoms with Crippen molar-refractivity contribution in [1.82, 2.24) is 24.4 Å². The van der Waals surface area contributed by atoms with Crippen molar-refractivity contribution in [3.05, 3.63) is 33.4 Å². The third-order valence-corrected chi connectivity index (χ3v) is 5.21. The van der Waals surface area contributed by atoms with E-state index in [-0.39, 0.29) is 16.8 Å². The highest BCUT2D eigenvalue weighted by atomic mass is 32.1. The van der Waals surface area contributed by atoms with Gasteiger partial charge in [-0.1, -0.05) is 16.5 Å². The molecule has 3 aromatic heterocycles. The summed E-state index contributed by atoms with van der Waals surface area (Å²) in [5.41, 5.74) is 0. The lowest BCUT2D eigenvalue weighted by Crippen LogP contribution is -2.47. The van der Waals surface area contributed by atoms with Gasteiger partial charge < -0.3 is 19.5 Å². The summed E-state index contributed by atoms with van der Waals surface area (Å²) < 4.78 is 6.79. The highest BCUT2D eigenvalue weighted by molar-refractivity contribution is 7.15. The van der Waals surface area contributed by atoms with Crippen LogP contribution in [0.3, 0.4) is 0 Å². The minimum absolute atomic E-state index is 0.0174. The van der Waals surface area contributed by atoms with Crippen LogP contribution in [0.2, 0.25) is 0 Å². The predicted octanol–water partition coefficient (Wildman–Crippen LogP) is 1.88. The van der Waals surface area contributed by atoms with Gasteiger partial charge in [-0.3, -0.25) is 4.90 Å². The summed E-state index contributed by atoms with van der Waals surface area (Å²) in [4.78, 5) is 24.7. The molecular weight excluding hydrogens is 346 g/mol. The SMILES string of the molecule is Cc1noc(C(C)N2CCN(c3nc4sccn4c3[N+](=O)[O-])CC2)n1. The number of aryl methyl sites for hydroxylation is 1. The van der Waals surface area contributed by atoms with Gasteiger partial charge in [0.2, 0.25) is 11.7 Å². The number of imidazole rings is 1. The first-order valence-corrected chi connectivity index (χ1v) is 8.81. The van der Waals surface area contributed by atoms with Crippen molar-refractivity contribution in [3.63, 3.8) is 0 Å². The summed E-state index contributed by atoms with van der Waals surface area (Å²) >= 11 is 1.39. The van der Waals surface area contributed by atoms with Crippen molar-refractivity contribution in [3.8, 4) is 0 Å². The van der Waals surface area contributed by atoms with E-state index < -0.39 is 0 Å². The zero-order chi connectivity index (χ0) is 17.6. The molecule has 1 saturated heterocycles. The Kier molecular flexibility index (Phi) is 3.88. The summed E-state index contributed by atoms with van der Waals surface area (Å²) in [5.74, 6) is 1.69. The quantitative estimate of drug-likeness (QED) is 0.511. The van der Waals surface area contributed by atoms with Crippen LogP contribution < -0.4 is 4.90 Å². The maximum Gasteiger partial charge on any atom is 0.373 e. The smallest absolute Gasteiger partial charge is 0.358 e. The highest BCUT2D eigenvalue weighted by Crippen LogP contribution is 2.32. The van der Waals surface area contributed by atoms with E-state index in [0.717, 1.165) is 13.1 Å². The number of nitrogens with zero attached hydrogens (tertiary/aromatic N) is 7. The summed E-state index contributed by atoms with van der Waals surface area (Å²) in [6.45, 7) is 6.61. The van der Waals surface area contributed by atoms with Crippen LogP contribution in [-0.4, -0.2) is 55.5 Å². The van der Waals surface area contributed by atoms with Crippen molar-refractivity contribution in [2.75, 3.05) is 31.1 Å². The third-order valence-electron chi connectivity index (χ3n) is 4.45. The molecular formula is C14H17N7O3S. The predicted molar refractivity (Wildman–Crippen MR) is 91.0 cm³/mol. The molecule has 0 aliphatic carbocycles. The average Bonchev–Trinajstić information content (AvgIpc) is 3.29. The molecule has 0 bridgehead atoms. The largest absolute Gasteiger partial charge is 0.373 e. The lowest BCUT2D eigenvalue weighted by atomic mass is 10.2. The first-order valence-electron chi connectivity index (χ1n) is 7.93. The maximum absolute atomic E-state index is 11.5. The van der Waals surface area contributed by atoms with E-state index in [2.05, 4.69) is 20.0 Å². The number of rotatable bonds is 4. The van der Waals surface area contributed by atoms with Crippen molar-refractivity contribution >= 4 is 27.9 Å². The molecule has 0 spiro atoms. The number of piperazine rings is 1. The van der Waals surface area contributed by atoms with Crippen LogP contribution >= 0.6 is 11.3 Å². The van der Waals surface area contributed by atoms with Crippen molar-refractivity contribution in [1.29, 1.82) is 0 Å². The second kappa shape index (κ2) is 6.08. The average molecular weight is 363 g/mol. The van der Waals surface area contributed by atoms with E-state index in [1.54, 1.807) is 18.5 Å². The monoisotopic (exact) mass is 363 g/mol. The molecule has 0 N–H and O–H groups in total. The fraction of sp³-hybridized carbons (Fsp3) is 0.500. The third kappa shape index (κ3) is 2.74. The second-order valence-corrected chi connectivity index (χ2v) is 6.82. The van der Waals surface area contributed by atoms with E-state index in [1.807, 2.05) is 11.8 Å². The Bertz CT molecular complexity index is 909. The van der Waals surface area contributed by atoms with Crippen LogP contribution in [0.25, 0.3) is 4.96 Å². The standard InChI is InChI=1S/C14H17N7O3S/c1-9(12-15-10(2)17-24-12)18-3-5-19(6-4-18)11-13(21(22)23)20-7-8-25-14(20)16-11/h7-9H,3-6H2,1-2H3. The van der Waals surface area contributed by atoms with Crippen molar-refractivity contribution in [2.45, 2.75) is 19.9 Å². The van der Waals surface area contributed by atoms with Gasteiger partial charge in [-0.25, -0.2) is 0 Å². The number of hydrogen-bond donors (Lipinski definition) is 0. The van der Waals surface area contributed by atoms with Gasteiger partial charge in [0.1, 0.15) is 6.20 Å². The molecule has 4 heterocycles. The fourth-order valence-electron chi connectivity index (χ4n) is 3.10. The first-order chi connectivity index (χ1) is 12.0. The van der Waals surface area contributed by atoms with Gasteiger partial charge in [-0.2, -0.15) is 14.4 Å². The van der Waals surface area contributed by atoms with Crippen LogP contribution in [-0.2, 0) is 0 Å². The normalized spacial score (nSPS) is 17.3. The Morgan fingerprint density at radius 1 is 1.32 bits per heavy atom. The lowest BCUT2D eigenvalue weighted by Gasteiger charge is -2.36. The molecule has 0 radical (unpaired) electrons. The van der Waals surface area contributed by atoms with Crippen LogP contribution in [0.1, 0.15) is 24.7 Å². The minimum Gasteiger partial charge on any atom is -0.358 e. The molecule has 10 nitrogen and oxygen atoms in total. The highest BCUT2D eigenvalue weighted by Gasteiger charge is 2.32. The maximum atomic E-state index is 11.5. The zero-order valence-corrected chi connectivity index (χ0v) is 14.6. The molecule has 4 rings (SSSR count). The Morgan fingerprint density at radius 2 is 2.08 bits per heavy atom. The summed E-state index contributed by atoms with van der Waals surface area (Å²) in [5, 5.41) is 17.1. The Balaban J connectivity index is 1.51. The molecule has 3 aromatic rings. The lowest BCUT2D eigenvalue weighted by molar-refractivity contribution is -0.389. The van der Waals surface area contributed by atoms with Gasteiger partial charge in [0.15, 0.2) is 5.82 Å². The number of aromatic nitrogens is 4. The van der Waals surface area contributed by atoms with E-state index in [4.69, 9.17) is 4.52 Å². The summed E-state index contributed by atoms with van der Waals surface area (Å²) in [6.07, 6.45) is 1.69. The molecule has 0 saturated carbocycles. The molecule has 1 aliphatic heterocycles. The molecule has 25 heavy (non-hydrogen) atoms. The van der Waals surface area contributed by atoms with Crippen LogP contribution in [0.4, 0.5) is 11.6 Å². The Hall–Kier alpha value is -2.53. The Morgan fingerprint density at radius 3 is 2.72 bits per heavy atom. The zero-order valence-electron chi connectivity index (χ0n) is 13.8. The second-order valence-electron chi connectivity index (χ2n) is 5.95. The summed E-state index contributed by atoms with van der Waals surface area (Å²) in [6, 6.07) is 0.0174. The van der Waals surface area contributed by atoms with Crippen molar-refractivity contribution in [2.24, 2.45) is 0 Å². The van der Waals surface area contributed by atoms with Crippen LogP contribution in [0, 0.1) is 17.0 Å². The van der Waals surface area contributed by atoms with E-state index in [0.29, 0.717) is 35.6 Å². The van der Waals surface area contributed by atoms with Gasteiger partial charge in [0.25, 0.3) is 4.96 Å². The van der Waals surface area contributed by atoms with Gasteiger partial charge in [-0.05, 0) is 18.8 Å². The molecule has 1 aliphatic rings. The van der Waals surface area contributed by atoms with Gasteiger partial charge in [-0.15, -0.1) is 0 Å². The minimum atomic E-state index is -0.363. The number of hydrogen-bond acceptors (Lipinski definition) is 9. The van der Waals surface area contributed by atoms with Gasteiger partial charge >= 0.3 is 5.82 Å².